The number of para-hydroxylation sites is 1. The van der Waals surface area contributed by atoms with Gasteiger partial charge in [0.25, 0.3) is 5.91 Å². The van der Waals surface area contributed by atoms with Gasteiger partial charge in [-0.15, -0.1) is 5.17 Å². The maximum Gasteiger partial charge on any atom is 0.264 e. The van der Waals surface area contributed by atoms with Gasteiger partial charge in [-0.25, -0.2) is 5.01 Å². The highest BCUT2D eigenvalue weighted by molar-refractivity contribution is 5.71. The highest BCUT2D eigenvalue weighted by Gasteiger charge is 2.23. The Morgan fingerprint density at radius 3 is 2.80 bits per heavy atom. The van der Waals surface area contributed by atoms with Crippen LogP contribution in [-0.4, -0.2) is 36.0 Å². The molecule has 1 aliphatic heterocycles. The fraction of sp³-hybridized carbons (Fsp3) is 0.357. The molecule has 20 heavy (non-hydrogen) atoms. The number of rotatable bonds is 6. The van der Waals surface area contributed by atoms with Crippen molar-refractivity contribution in [1.82, 2.24) is 10.2 Å². The van der Waals surface area contributed by atoms with Gasteiger partial charge in [-0.2, -0.15) is 0 Å². The third kappa shape index (κ3) is 3.64. The Morgan fingerprint density at radius 1 is 1.40 bits per heavy atom. The van der Waals surface area contributed by atoms with E-state index in [1.807, 2.05) is 37.3 Å². The van der Waals surface area contributed by atoms with E-state index in [9.17, 15) is 4.79 Å². The molecule has 0 atom stereocenters. The molecular formula is C14H18N2O4. The van der Waals surface area contributed by atoms with Crippen molar-refractivity contribution in [3.63, 3.8) is 0 Å². The standard InChI is InChI=1S/C14H18N2O4/c1-3-20-16(12(2)17)15-9-14(19-11-15)10-18-13-7-5-4-6-8-13/h4-9H,3,10-11H2,1-2H3. The molecule has 108 valence electrons. The maximum absolute atomic E-state index is 11.5. The van der Waals surface area contributed by atoms with Crippen molar-refractivity contribution >= 4 is 5.91 Å². The summed E-state index contributed by atoms with van der Waals surface area (Å²) in [6, 6.07) is 9.47. The summed E-state index contributed by atoms with van der Waals surface area (Å²) in [7, 11) is 0. The zero-order valence-corrected chi connectivity index (χ0v) is 11.6. The Balaban J connectivity index is 1.91. The van der Waals surface area contributed by atoms with Crippen LogP contribution in [-0.2, 0) is 14.4 Å². The van der Waals surface area contributed by atoms with Gasteiger partial charge in [-0.3, -0.25) is 9.63 Å². The summed E-state index contributed by atoms with van der Waals surface area (Å²) in [5.41, 5.74) is 0. The van der Waals surface area contributed by atoms with Crippen LogP contribution in [0.15, 0.2) is 42.3 Å². The van der Waals surface area contributed by atoms with Crippen LogP contribution in [0, 0.1) is 0 Å². The summed E-state index contributed by atoms with van der Waals surface area (Å²) in [6.07, 6.45) is 1.69. The Bertz CT molecular complexity index is 475. The van der Waals surface area contributed by atoms with Crippen molar-refractivity contribution in [3.8, 4) is 5.75 Å². The Kier molecular flexibility index (Phi) is 4.84. The molecular weight excluding hydrogens is 260 g/mol. The quantitative estimate of drug-likeness (QED) is 0.744. The molecule has 1 aliphatic rings. The Morgan fingerprint density at radius 2 is 2.15 bits per heavy atom. The number of carbonyl (C=O) groups is 1. The molecule has 6 heteroatoms. The van der Waals surface area contributed by atoms with Gasteiger partial charge in [0.05, 0.1) is 12.8 Å². The number of hydroxylamine groups is 1. The molecule has 0 aliphatic carbocycles. The van der Waals surface area contributed by atoms with Gasteiger partial charge in [-0.05, 0) is 19.1 Å². The maximum atomic E-state index is 11.5. The topological polar surface area (TPSA) is 51.2 Å². The number of benzene rings is 1. The van der Waals surface area contributed by atoms with Gasteiger partial charge < -0.3 is 9.47 Å². The first-order chi connectivity index (χ1) is 9.70. The fourth-order valence-electron chi connectivity index (χ4n) is 1.71. The predicted octanol–water partition coefficient (Wildman–Crippen LogP) is 1.91. The number of hydrazine groups is 1. The lowest BCUT2D eigenvalue weighted by Crippen LogP contribution is -2.41. The zero-order chi connectivity index (χ0) is 14.4. The minimum atomic E-state index is -0.211. The molecule has 0 unspecified atom stereocenters. The second kappa shape index (κ2) is 6.81. The van der Waals surface area contributed by atoms with Crippen LogP contribution < -0.4 is 4.74 Å². The smallest absolute Gasteiger partial charge is 0.264 e. The van der Waals surface area contributed by atoms with Crippen LogP contribution in [0.1, 0.15) is 13.8 Å². The monoisotopic (exact) mass is 278 g/mol. The van der Waals surface area contributed by atoms with E-state index in [0.29, 0.717) is 19.0 Å². The fourth-order valence-corrected chi connectivity index (χ4v) is 1.71. The Labute approximate surface area is 118 Å². The molecule has 2 rings (SSSR count). The molecule has 0 saturated heterocycles. The minimum Gasteiger partial charge on any atom is -0.486 e. The van der Waals surface area contributed by atoms with Crippen LogP contribution in [0.2, 0.25) is 0 Å². The van der Waals surface area contributed by atoms with Gasteiger partial charge in [-0.1, -0.05) is 18.2 Å². The van der Waals surface area contributed by atoms with E-state index in [-0.39, 0.29) is 12.6 Å². The highest BCUT2D eigenvalue weighted by atomic mass is 16.7. The van der Waals surface area contributed by atoms with Gasteiger partial charge in [0.1, 0.15) is 12.4 Å². The number of hydrogen-bond donors (Lipinski definition) is 0. The largest absolute Gasteiger partial charge is 0.486 e. The van der Waals surface area contributed by atoms with Gasteiger partial charge in [0.15, 0.2) is 12.5 Å². The molecule has 1 aromatic rings. The van der Waals surface area contributed by atoms with E-state index < -0.39 is 0 Å². The summed E-state index contributed by atoms with van der Waals surface area (Å²) in [6.45, 7) is 4.18. The average Bonchev–Trinajstić information content (AvgIpc) is 2.92. The number of carbonyl (C=O) groups excluding carboxylic acids is 1. The molecule has 0 bridgehead atoms. The van der Waals surface area contributed by atoms with E-state index in [0.717, 1.165) is 5.75 Å². The van der Waals surface area contributed by atoms with E-state index in [2.05, 4.69) is 0 Å². The van der Waals surface area contributed by atoms with Crippen molar-refractivity contribution in [2.75, 3.05) is 19.9 Å². The first-order valence-electron chi connectivity index (χ1n) is 6.42. The molecule has 0 saturated carbocycles. The number of nitrogens with zero attached hydrogens (tertiary/aromatic N) is 2. The van der Waals surface area contributed by atoms with Crippen LogP contribution in [0.4, 0.5) is 0 Å². The highest BCUT2D eigenvalue weighted by Crippen LogP contribution is 2.16. The number of ether oxygens (including phenoxy) is 2. The molecule has 0 aromatic heterocycles. The second-order valence-electron chi connectivity index (χ2n) is 4.12. The summed E-state index contributed by atoms with van der Waals surface area (Å²) in [5, 5.41) is 2.74. The van der Waals surface area contributed by atoms with Crippen LogP contribution in [0.3, 0.4) is 0 Å². The first kappa shape index (κ1) is 14.2. The van der Waals surface area contributed by atoms with Gasteiger partial charge in [0.2, 0.25) is 0 Å². The summed E-state index contributed by atoms with van der Waals surface area (Å²) in [5.74, 6) is 1.19. The molecule has 0 radical (unpaired) electrons. The molecule has 1 aromatic carbocycles. The van der Waals surface area contributed by atoms with Crippen molar-refractivity contribution in [3.05, 3.63) is 42.3 Å². The van der Waals surface area contributed by atoms with E-state index in [1.165, 1.54) is 12.1 Å². The minimum absolute atomic E-state index is 0.211. The van der Waals surface area contributed by atoms with Crippen molar-refractivity contribution in [1.29, 1.82) is 0 Å². The summed E-state index contributed by atoms with van der Waals surface area (Å²) < 4.78 is 11.0. The third-order valence-corrected chi connectivity index (χ3v) is 2.55. The van der Waals surface area contributed by atoms with Gasteiger partial charge in [0, 0.05) is 6.92 Å². The van der Waals surface area contributed by atoms with Crippen LogP contribution >= 0.6 is 0 Å². The first-order valence-corrected chi connectivity index (χ1v) is 6.42. The number of hydrogen-bond acceptors (Lipinski definition) is 5. The van der Waals surface area contributed by atoms with Crippen molar-refractivity contribution in [2.45, 2.75) is 13.8 Å². The average molecular weight is 278 g/mol. The molecule has 1 heterocycles. The lowest BCUT2D eigenvalue weighted by Gasteiger charge is -2.26. The lowest BCUT2D eigenvalue weighted by atomic mass is 10.3. The normalized spacial score (nSPS) is 13.7. The predicted molar refractivity (Wildman–Crippen MR) is 72.0 cm³/mol. The zero-order valence-electron chi connectivity index (χ0n) is 11.6. The van der Waals surface area contributed by atoms with E-state index in [4.69, 9.17) is 14.3 Å². The number of amides is 1. The summed E-state index contributed by atoms with van der Waals surface area (Å²) >= 11 is 0. The third-order valence-electron chi connectivity index (χ3n) is 2.55. The summed E-state index contributed by atoms with van der Waals surface area (Å²) in [4.78, 5) is 16.7. The molecule has 1 amide bonds. The van der Waals surface area contributed by atoms with E-state index >= 15 is 0 Å². The molecule has 0 spiro atoms. The van der Waals surface area contributed by atoms with Crippen molar-refractivity contribution in [2.24, 2.45) is 0 Å². The Hall–Kier alpha value is -2.21. The lowest BCUT2D eigenvalue weighted by molar-refractivity contribution is -0.257. The van der Waals surface area contributed by atoms with E-state index in [1.54, 1.807) is 11.2 Å². The van der Waals surface area contributed by atoms with Crippen LogP contribution in [0.5, 0.6) is 5.75 Å². The molecule has 6 nitrogen and oxygen atoms in total. The second-order valence-corrected chi connectivity index (χ2v) is 4.12. The molecule has 0 fully saturated rings. The van der Waals surface area contributed by atoms with Crippen molar-refractivity contribution < 1.29 is 19.1 Å². The molecule has 0 N–H and O–H groups in total. The van der Waals surface area contributed by atoms with Crippen LogP contribution in [0.25, 0.3) is 0 Å². The van der Waals surface area contributed by atoms with Gasteiger partial charge >= 0.3 is 0 Å². The SMILES string of the molecule is CCON(C(C)=O)N1C=C(COc2ccccc2)OC1.